The number of thiocarbonyl (C=S) groups is 1. The van der Waals surface area contributed by atoms with Gasteiger partial charge >= 0.3 is 0 Å². The van der Waals surface area contributed by atoms with Gasteiger partial charge in [0.25, 0.3) is 5.91 Å². The fourth-order valence-electron chi connectivity index (χ4n) is 1.92. The lowest BCUT2D eigenvalue weighted by Gasteiger charge is -2.23. The zero-order chi connectivity index (χ0) is 11.3. The molecule has 2 aliphatic rings. The molecule has 3 nitrogen and oxygen atoms in total. The molecule has 80 valence electrons. The third kappa shape index (κ3) is 1.30. The first-order chi connectivity index (χ1) is 7.68. The predicted molar refractivity (Wildman–Crippen MR) is 64.5 cm³/mol. The molecule has 1 aromatic rings. The van der Waals surface area contributed by atoms with Crippen LogP contribution in [0.25, 0.3) is 6.58 Å². The second-order valence-electron chi connectivity index (χ2n) is 4.11. The molecular formula is C12H10N2OS. The Kier molecular flexibility index (Phi) is 1.94. The Hall–Kier alpha value is -1.55. The van der Waals surface area contributed by atoms with Gasteiger partial charge in [-0.1, -0.05) is 18.7 Å². The van der Waals surface area contributed by atoms with E-state index in [0.717, 1.165) is 18.1 Å². The van der Waals surface area contributed by atoms with Crippen LogP contribution in [-0.4, -0.2) is 22.0 Å². The van der Waals surface area contributed by atoms with Crippen LogP contribution in [0.4, 0.5) is 0 Å². The maximum atomic E-state index is 12.2. The molecule has 0 saturated heterocycles. The molecule has 0 radical (unpaired) electrons. The Bertz CT molecular complexity index is 604. The van der Waals surface area contributed by atoms with E-state index < -0.39 is 0 Å². The minimum Gasteiger partial charge on any atom is -0.280 e. The highest BCUT2D eigenvalue weighted by Gasteiger charge is 2.37. The highest BCUT2D eigenvalue weighted by Crippen LogP contribution is 2.29. The van der Waals surface area contributed by atoms with Crippen molar-refractivity contribution in [1.29, 1.82) is 0 Å². The van der Waals surface area contributed by atoms with E-state index in [0.29, 0.717) is 16.0 Å². The summed E-state index contributed by atoms with van der Waals surface area (Å²) < 4.78 is 0. The second kappa shape index (κ2) is 3.22. The van der Waals surface area contributed by atoms with Gasteiger partial charge in [0.2, 0.25) is 5.11 Å². The van der Waals surface area contributed by atoms with Crippen molar-refractivity contribution in [3.63, 3.8) is 0 Å². The van der Waals surface area contributed by atoms with Crippen LogP contribution in [-0.2, 0) is 0 Å². The zero-order valence-electron chi connectivity index (χ0n) is 8.64. The monoisotopic (exact) mass is 230 g/mol. The molecule has 0 atom stereocenters. The fourth-order valence-corrected chi connectivity index (χ4v) is 2.24. The van der Waals surface area contributed by atoms with Gasteiger partial charge in [-0.2, -0.15) is 0 Å². The van der Waals surface area contributed by atoms with E-state index in [-0.39, 0.29) is 11.9 Å². The first-order valence-electron chi connectivity index (χ1n) is 5.22. The fraction of sp³-hybridized carbons (Fsp3) is 0.250. The molecule has 1 aliphatic heterocycles. The summed E-state index contributed by atoms with van der Waals surface area (Å²) in [6.07, 6.45) is 2.06. The van der Waals surface area contributed by atoms with Crippen LogP contribution >= 0.6 is 12.2 Å². The molecule has 3 rings (SSSR count). The Balaban J connectivity index is 2.24. The SMILES string of the molecule is C=c1cccc2c1=NC(=S)N(C1CC1)C2=O. The van der Waals surface area contributed by atoms with Crippen molar-refractivity contribution in [3.8, 4) is 0 Å². The van der Waals surface area contributed by atoms with Crippen LogP contribution in [0.15, 0.2) is 23.2 Å². The van der Waals surface area contributed by atoms with E-state index in [1.54, 1.807) is 11.0 Å². The van der Waals surface area contributed by atoms with E-state index in [4.69, 9.17) is 12.2 Å². The summed E-state index contributed by atoms with van der Waals surface area (Å²) in [6, 6.07) is 5.72. The van der Waals surface area contributed by atoms with Crippen LogP contribution in [0.3, 0.4) is 0 Å². The lowest BCUT2D eigenvalue weighted by Crippen LogP contribution is -2.47. The van der Waals surface area contributed by atoms with Crippen LogP contribution in [0, 0.1) is 0 Å². The topological polar surface area (TPSA) is 32.7 Å². The summed E-state index contributed by atoms with van der Waals surface area (Å²) in [5.74, 6) is -0.0250. The van der Waals surface area contributed by atoms with Gasteiger partial charge in [-0.25, -0.2) is 4.99 Å². The standard InChI is InChI=1S/C12H10N2OS/c1-7-3-2-4-9-10(7)13-12(16)14(11(9)15)8-5-6-8/h2-4,8H,1,5-6H2. The molecule has 0 unspecified atom stereocenters. The normalized spacial score (nSPS) is 19.4. The number of fused-ring (bicyclic) bond motifs is 1. The number of hydrogen-bond donors (Lipinski definition) is 0. The molecule has 4 heteroatoms. The number of benzene rings is 1. The van der Waals surface area contributed by atoms with Crippen LogP contribution in [0.5, 0.6) is 0 Å². The Morgan fingerprint density at radius 3 is 2.88 bits per heavy atom. The van der Waals surface area contributed by atoms with Gasteiger partial charge in [0.1, 0.15) is 0 Å². The van der Waals surface area contributed by atoms with E-state index in [9.17, 15) is 4.79 Å². The molecule has 1 aliphatic carbocycles. The smallest absolute Gasteiger partial charge is 0.262 e. The first kappa shape index (κ1) is 9.66. The molecule has 0 bridgehead atoms. The van der Waals surface area contributed by atoms with E-state index in [2.05, 4.69) is 11.6 Å². The van der Waals surface area contributed by atoms with Crippen molar-refractivity contribution in [2.24, 2.45) is 4.99 Å². The minimum absolute atomic E-state index is 0.0250. The summed E-state index contributed by atoms with van der Waals surface area (Å²) in [4.78, 5) is 18.2. The third-order valence-electron chi connectivity index (χ3n) is 2.89. The molecule has 1 fully saturated rings. The van der Waals surface area contributed by atoms with Crippen molar-refractivity contribution < 1.29 is 4.79 Å². The molecule has 1 heterocycles. The lowest BCUT2D eigenvalue weighted by molar-refractivity contribution is 0.0835. The van der Waals surface area contributed by atoms with Gasteiger partial charge in [-0.15, -0.1) is 0 Å². The van der Waals surface area contributed by atoms with Crippen molar-refractivity contribution in [1.82, 2.24) is 4.90 Å². The van der Waals surface area contributed by atoms with Crippen LogP contribution in [0.2, 0.25) is 0 Å². The van der Waals surface area contributed by atoms with Gasteiger partial charge in [-0.05, 0) is 36.3 Å². The minimum atomic E-state index is -0.0250. The average molecular weight is 230 g/mol. The number of carbonyl (C=O) groups is 1. The number of carbonyl (C=O) groups excluding carboxylic acids is 1. The van der Waals surface area contributed by atoms with Crippen molar-refractivity contribution in [2.75, 3.05) is 0 Å². The number of nitrogens with zero attached hydrogens (tertiary/aromatic N) is 2. The van der Waals surface area contributed by atoms with Crippen LogP contribution in [0.1, 0.15) is 23.2 Å². The Labute approximate surface area is 98.1 Å². The first-order valence-corrected chi connectivity index (χ1v) is 5.63. The molecule has 0 aromatic heterocycles. The van der Waals surface area contributed by atoms with E-state index in [1.807, 2.05) is 12.1 Å². The highest BCUT2D eigenvalue weighted by atomic mass is 32.1. The van der Waals surface area contributed by atoms with Gasteiger partial charge in [0, 0.05) is 6.04 Å². The van der Waals surface area contributed by atoms with Gasteiger partial charge < -0.3 is 0 Å². The molecule has 1 saturated carbocycles. The largest absolute Gasteiger partial charge is 0.280 e. The lowest BCUT2D eigenvalue weighted by atomic mass is 10.1. The highest BCUT2D eigenvalue weighted by molar-refractivity contribution is 7.80. The zero-order valence-corrected chi connectivity index (χ0v) is 9.46. The summed E-state index contributed by atoms with van der Waals surface area (Å²) in [6.45, 7) is 3.86. The summed E-state index contributed by atoms with van der Waals surface area (Å²) in [5, 5.41) is 1.77. The number of rotatable bonds is 1. The van der Waals surface area contributed by atoms with Crippen molar-refractivity contribution in [3.05, 3.63) is 34.3 Å². The van der Waals surface area contributed by atoms with E-state index >= 15 is 0 Å². The molecular weight excluding hydrogens is 220 g/mol. The number of hydrogen-bond acceptors (Lipinski definition) is 2. The maximum absolute atomic E-state index is 12.2. The Morgan fingerprint density at radius 1 is 1.44 bits per heavy atom. The van der Waals surface area contributed by atoms with Gasteiger partial charge in [0.05, 0.1) is 10.9 Å². The van der Waals surface area contributed by atoms with Gasteiger partial charge in [-0.3, -0.25) is 9.69 Å². The summed E-state index contributed by atoms with van der Waals surface area (Å²) >= 11 is 5.17. The molecule has 16 heavy (non-hydrogen) atoms. The van der Waals surface area contributed by atoms with Crippen molar-refractivity contribution in [2.45, 2.75) is 18.9 Å². The van der Waals surface area contributed by atoms with E-state index in [1.165, 1.54) is 0 Å². The molecule has 0 spiro atoms. The third-order valence-corrected chi connectivity index (χ3v) is 3.18. The second-order valence-corrected chi connectivity index (χ2v) is 4.48. The molecule has 1 amide bonds. The van der Waals surface area contributed by atoms with Crippen molar-refractivity contribution >= 4 is 29.8 Å². The average Bonchev–Trinajstić information content (AvgIpc) is 3.04. The molecule has 1 aromatic carbocycles. The van der Waals surface area contributed by atoms with Crippen LogP contribution < -0.4 is 10.6 Å². The Morgan fingerprint density at radius 2 is 2.19 bits per heavy atom. The number of amides is 1. The summed E-state index contributed by atoms with van der Waals surface area (Å²) in [5.41, 5.74) is 0.619. The predicted octanol–water partition coefficient (Wildman–Crippen LogP) is 0.620. The molecule has 0 N–H and O–H groups in total. The number of para-hydroxylation sites is 1. The quantitative estimate of drug-likeness (QED) is 0.663. The maximum Gasteiger partial charge on any atom is 0.262 e. The summed E-state index contributed by atoms with van der Waals surface area (Å²) in [7, 11) is 0. The van der Waals surface area contributed by atoms with Gasteiger partial charge in [0.15, 0.2) is 0 Å².